The second kappa shape index (κ2) is 8.11. The number of urea groups is 1. The Bertz CT molecular complexity index is 698. The van der Waals surface area contributed by atoms with Crippen molar-refractivity contribution in [3.8, 4) is 0 Å². The molecule has 2 N–H and O–H groups in total. The molecule has 1 aliphatic heterocycles. The lowest BCUT2D eigenvalue weighted by atomic mass is 9.82. The second-order valence-electron chi connectivity index (χ2n) is 8.09. The zero-order valence-corrected chi connectivity index (χ0v) is 16.2. The highest BCUT2D eigenvalue weighted by Crippen LogP contribution is 2.35. The summed E-state index contributed by atoms with van der Waals surface area (Å²) in [5, 5.41) is 5.86. The summed E-state index contributed by atoms with van der Waals surface area (Å²) in [5.74, 6) is -0.407. The standard InChI is InChI=1S/C21H29N3O3/c1-15(2)13-21(16-9-5-3-6-10-16)19(26)24(20(27)23-21)14-18(25)22-17-11-7-4-8-12-17/h3,5-6,9-10,15,17H,4,7-8,11-14H2,1-2H3,(H,22,25)(H,23,27). The van der Waals surface area contributed by atoms with E-state index in [9.17, 15) is 14.4 Å². The molecule has 1 saturated heterocycles. The molecule has 1 aromatic carbocycles. The lowest BCUT2D eigenvalue weighted by molar-refractivity contribution is -0.136. The van der Waals surface area contributed by atoms with Crippen LogP contribution in [0.2, 0.25) is 0 Å². The van der Waals surface area contributed by atoms with Crippen LogP contribution in [0.5, 0.6) is 0 Å². The number of hydrogen-bond donors (Lipinski definition) is 2. The zero-order chi connectivity index (χ0) is 19.4. The molecule has 3 rings (SSSR count). The number of imide groups is 1. The Morgan fingerprint density at radius 3 is 2.48 bits per heavy atom. The van der Waals surface area contributed by atoms with E-state index in [-0.39, 0.29) is 30.3 Å². The number of nitrogens with zero attached hydrogens (tertiary/aromatic N) is 1. The first-order valence-corrected chi connectivity index (χ1v) is 9.91. The van der Waals surface area contributed by atoms with Crippen molar-refractivity contribution in [1.29, 1.82) is 0 Å². The molecule has 1 aliphatic carbocycles. The Morgan fingerprint density at radius 2 is 1.85 bits per heavy atom. The molecule has 1 heterocycles. The number of hydrogen-bond acceptors (Lipinski definition) is 3. The van der Waals surface area contributed by atoms with Gasteiger partial charge in [-0.1, -0.05) is 63.4 Å². The van der Waals surface area contributed by atoms with Crippen LogP contribution in [0.25, 0.3) is 0 Å². The van der Waals surface area contributed by atoms with Crippen LogP contribution in [0.15, 0.2) is 30.3 Å². The molecule has 6 heteroatoms. The Morgan fingerprint density at radius 1 is 1.19 bits per heavy atom. The minimum Gasteiger partial charge on any atom is -0.352 e. The van der Waals surface area contributed by atoms with Crippen LogP contribution in [0, 0.1) is 5.92 Å². The molecule has 0 spiro atoms. The van der Waals surface area contributed by atoms with Gasteiger partial charge in [0.15, 0.2) is 0 Å². The van der Waals surface area contributed by atoms with E-state index < -0.39 is 11.6 Å². The van der Waals surface area contributed by atoms with E-state index in [2.05, 4.69) is 10.6 Å². The number of benzene rings is 1. The van der Waals surface area contributed by atoms with Crippen LogP contribution in [-0.2, 0) is 15.1 Å². The van der Waals surface area contributed by atoms with Gasteiger partial charge in [-0.05, 0) is 30.7 Å². The SMILES string of the molecule is CC(C)CC1(c2ccccc2)NC(=O)N(CC(=O)NC2CCCCC2)C1=O. The first-order valence-electron chi connectivity index (χ1n) is 9.91. The summed E-state index contributed by atoms with van der Waals surface area (Å²) in [6.45, 7) is 3.80. The van der Waals surface area contributed by atoms with Gasteiger partial charge in [-0.2, -0.15) is 0 Å². The van der Waals surface area contributed by atoms with E-state index in [0.29, 0.717) is 6.42 Å². The van der Waals surface area contributed by atoms with Gasteiger partial charge in [0.1, 0.15) is 12.1 Å². The molecule has 1 unspecified atom stereocenters. The van der Waals surface area contributed by atoms with E-state index in [1.165, 1.54) is 6.42 Å². The van der Waals surface area contributed by atoms with Gasteiger partial charge >= 0.3 is 6.03 Å². The van der Waals surface area contributed by atoms with Gasteiger partial charge in [-0.25, -0.2) is 4.79 Å². The molecule has 6 nitrogen and oxygen atoms in total. The third-order valence-electron chi connectivity index (χ3n) is 5.43. The van der Waals surface area contributed by atoms with Gasteiger partial charge in [0.25, 0.3) is 5.91 Å². The van der Waals surface area contributed by atoms with Crippen molar-refractivity contribution in [1.82, 2.24) is 15.5 Å². The molecule has 146 valence electrons. The van der Waals surface area contributed by atoms with E-state index in [4.69, 9.17) is 0 Å². The van der Waals surface area contributed by atoms with Gasteiger partial charge < -0.3 is 10.6 Å². The lowest BCUT2D eigenvalue weighted by Gasteiger charge is -2.29. The molecular formula is C21H29N3O3. The first-order chi connectivity index (χ1) is 12.9. The Labute approximate surface area is 160 Å². The maximum Gasteiger partial charge on any atom is 0.325 e. The summed E-state index contributed by atoms with van der Waals surface area (Å²) in [5.41, 5.74) is -0.343. The third kappa shape index (κ3) is 4.15. The van der Waals surface area contributed by atoms with E-state index >= 15 is 0 Å². The van der Waals surface area contributed by atoms with Crippen LogP contribution in [-0.4, -0.2) is 35.3 Å². The average molecular weight is 371 g/mol. The van der Waals surface area contributed by atoms with Crippen LogP contribution in [0.3, 0.4) is 0 Å². The van der Waals surface area contributed by atoms with E-state index in [1.807, 2.05) is 44.2 Å². The minimum absolute atomic E-state index is 0.154. The monoisotopic (exact) mass is 371 g/mol. The Balaban J connectivity index is 1.76. The Kier molecular flexibility index (Phi) is 5.82. The molecule has 1 saturated carbocycles. The number of nitrogens with one attached hydrogen (secondary N) is 2. The van der Waals surface area contributed by atoms with E-state index in [1.54, 1.807) is 0 Å². The summed E-state index contributed by atoms with van der Waals surface area (Å²) in [4.78, 5) is 39.4. The van der Waals surface area contributed by atoms with Crippen LogP contribution < -0.4 is 10.6 Å². The Hall–Kier alpha value is -2.37. The quantitative estimate of drug-likeness (QED) is 0.755. The molecular weight excluding hydrogens is 342 g/mol. The molecule has 4 amide bonds. The van der Waals surface area contributed by atoms with Crippen molar-refractivity contribution >= 4 is 17.8 Å². The number of carbonyl (C=O) groups is 3. The molecule has 2 fully saturated rings. The molecule has 1 atom stereocenters. The highest BCUT2D eigenvalue weighted by Gasteiger charge is 2.52. The van der Waals surface area contributed by atoms with Gasteiger partial charge in [0.2, 0.25) is 5.91 Å². The fraction of sp³-hybridized carbons (Fsp3) is 0.571. The zero-order valence-electron chi connectivity index (χ0n) is 16.2. The largest absolute Gasteiger partial charge is 0.352 e. The van der Waals surface area contributed by atoms with Crippen molar-refractivity contribution in [3.05, 3.63) is 35.9 Å². The maximum absolute atomic E-state index is 13.3. The van der Waals surface area contributed by atoms with Gasteiger partial charge in [0, 0.05) is 6.04 Å². The summed E-state index contributed by atoms with van der Waals surface area (Å²) in [6, 6.07) is 8.96. The predicted molar refractivity (Wildman–Crippen MR) is 103 cm³/mol. The highest BCUT2D eigenvalue weighted by atomic mass is 16.2. The van der Waals surface area contributed by atoms with E-state index in [0.717, 1.165) is 36.1 Å². The molecule has 0 bridgehead atoms. The molecule has 1 aromatic rings. The van der Waals surface area contributed by atoms with Gasteiger partial charge in [0.05, 0.1) is 0 Å². The smallest absolute Gasteiger partial charge is 0.325 e. The fourth-order valence-electron chi connectivity index (χ4n) is 4.22. The normalized spacial score (nSPS) is 23.6. The number of amides is 4. The minimum atomic E-state index is -1.10. The summed E-state index contributed by atoms with van der Waals surface area (Å²) >= 11 is 0. The molecule has 27 heavy (non-hydrogen) atoms. The van der Waals surface area contributed by atoms with Crippen LogP contribution in [0.1, 0.15) is 57.9 Å². The summed E-state index contributed by atoms with van der Waals surface area (Å²) in [7, 11) is 0. The third-order valence-corrected chi connectivity index (χ3v) is 5.43. The van der Waals surface area contributed by atoms with Crippen molar-refractivity contribution in [2.45, 2.75) is 64.0 Å². The topological polar surface area (TPSA) is 78.5 Å². The molecule has 0 radical (unpaired) electrons. The van der Waals surface area contributed by atoms with Crippen LogP contribution >= 0.6 is 0 Å². The second-order valence-corrected chi connectivity index (χ2v) is 8.09. The van der Waals surface area contributed by atoms with Gasteiger partial charge in [-0.15, -0.1) is 0 Å². The van der Waals surface area contributed by atoms with Crippen molar-refractivity contribution in [3.63, 3.8) is 0 Å². The summed E-state index contributed by atoms with van der Waals surface area (Å²) in [6.07, 6.45) is 5.84. The van der Waals surface area contributed by atoms with Crippen molar-refractivity contribution in [2.75, 3.05) is 6.54 Å². The maximum atomic E-state index is 13.3. The van der Waals surface area contributed by atoms with Crippen molar-refractivity contribution < 1.29 is 14.4 Å². The predicted octanol–water partition coefficient (Wildman–Crippen LogP) is 2.93. The fourth-order valence-corrected chi connectivity index (χ4v) is 4.22. The average Bonchev–Trinajstić information content (AvgIpc) is 2.88. The summed E-state index contributed by atoms with van der Waals surface area (Å²) < 4.78 is 0. The van der Waals surface area contributed by atoms with Crippen molar-refractivity contribution in [2.24, 2.45) is 5.92 Å². The first kappa shape index (κ1) is 19.4. The lowest BCUT2D eigenvalue weighted by Crippen LogP contribution is -2.47. The molecule has 2 aliphatic rings. The number of carbonyl (C=O) groups excluding carboxylic acids is 3. The number of rotatable bonds is 6. The highest BCUT2D eigenvalue weighted by molar-refractivity contribution is 6.09. The van der Waals surface area contributed by atoms with Gasteiger partial charge in [-0.3, -0.25) is 14.5 Å². The molecule has 0 aromatic heterocycles. The van der Waals surface area contributed by atoms with Crippen LogP contribution in [0.4, 0.5) is 4.79 Å².